The van der Waals surface area contributed by atoms with Gasteiger partial charge in [-0.05, 0) is 60.7 Å². The highest BCUT2D eigenvalue weighted by Gasteiger charge is 2.15. The molecule has 6 heteroatoms. The minimum Gasteiger partial charge on any atom is -0.456 e. The van der Waals surface area contributed by atoms with Crippen LogP contribution in [0.15, 0.2) is 0 Å². The lowest BCUT2D eigenvalue weighted by Crippen LogP contribution is -2.28. The maximum atomic E-state index is 11.9. The maximum absolute atomic E-state index is 11.9. The van der Waals surface area contributed by atoms with E-state index in [2.05, 4.69) is 66.1 Å². The van der Waals surface area contributed by atoms with Gasteiger partial charge in [0.1, 0.15) is 6.61 Å². The van der Waals surface area contributed by atoms with E-state index in [9.17, 15) is 14.7 Å². The van der Waals surface area contributed by atoms with Crippen molar-refractivity contribution in [2.45, 2.75) is 97.0 Å². The standard InChI is InChI=1S/C29H36O5.H2S.9H2/c1-3-5-7-9-11-13-14-16-18-20-22-24-29(32)34-27(25-30)26-33-28(31)23-21-19-17-15-12-10-8-6-4-2;;;;;;;;;;/h27,30H,3,5,7,9,11,13-14,16,18,20,22,24-26H2,1-2H3;1H2;9*1H/t27-;;;;;;;;;;/m0........../s1. The zero-order valence-corrected chi connectivity index (χ0v) is 22.1. The average Bonchev–Trinajstić information content (AvgIpc) is 2.84. The van der Waals surface area contributed by atoms with Gasteiger partial charge in [0.2, 0.25) is 0 Å². The summed E-state index contributed by atoms with van der Waals surface area (Å²) >= 11 is 0. The van der Waals surface area contributed by atoms with Gasteiger partial charge < -0.3 is 14.6 Å². The Labute approximate surface area is 232 Å². The summed E-state index contributed by atoms with van der Waals surface area (Å²) < 4.78 is 10.0. The molecule has 208 valence electrons. The Morgan fingerprint density at radius 1 is 0.771 bits per heavy atom. The number of carbonyl (C=O) groups is 2. The van der Waals surface area contributed by atoms with Crippen molar-refractivity contribution < 1.29 is 37.0 Å². The Bertz CT molecular complexity index is 930. The van der Waals surface area contributed by atoms with E-state index < -0.39 is 24.6 Å². The first-order valence-corrected chi connectivity index (χ1v) is 12.0. The molecule has 0 radical (unpaired) electrons. The minimum atomic E-state index is -0.910. The number of hydrogen-bond donors (Lipinski definition) is 1. The molecule has 0 heterocycles. The van der Waals surface area contributed by atoms with Crippen LogP contribution in [0.25, 0.3) is 0 Å². The van der Waals surface area contributed by atoms with E-state index in [1.807, 2.05) is 0 Å². The third kappa shape index (κ3) is 25.5. The third-order valence-corrected chi connectivity index (χ3v) is 4.61. The molecule has 1 atom stereocenters. The zero-order valence-electron chi connectivity index (χ0n) is 21.1. The molecule has 0 aliphatic rings. The third-order valence-electron chi connectivity index (χ3n) is 4.61. The molecule has 35 heavy (non-hydrogen) atoms. The van der Waals surface area contributed by atoms with E-state index in [0.717, 1.165) is 19.3 Å². The number of aliphatic hydroxyl groups is 1. The van der Waals surface area contributed by atoms with Crippen LogP contribution in [0, 0.1) is 59.2 Å². The van der Waals surface area contributed by atoms with Gasteiger partial charge in [0.05, 0.1) is 6.61 Å². The first kappa shape index (κ1) is 34.2. The molecular formula is C29H56O5S. The first-order chi connectivity index (χ1) is 16.6. The summed E-state index contributed by atoms with van der Waals surface area (Å²) in [5.41, 5.74) is 0. The molecular weight excluding hydrogens is 460 g/mol. The normalized spacial score (nSPS) is 9.34. The lowest BCUT2D eigenvalue weighted by atomic mass is 10.1. The highest BCUT2D eigenvalue weighted by molar-refractivity contribution is 7.59. The van der Waals surface area contributed by atoms with Crippen LogP contribution in [0.5, 0.6) is 0 Å². The quantitative estimate of drug-likeness (QED) is 0.110. The molecule has 0 aliphatic carbocycles. The molecule has 0 unspecified atom stereocenters. The monoisotopic (exact) mass is 516 g/mol. The van der Waals surface area contributed by atoms with E-state index in [1.165, 1.54) is 51.4 Å². The van der Waals surface area contributed by atoms with Gasteiger partial charge in [-0.2, -0.15) is 13.5 Å². The second-order valence-corrected chi connectivity index (χ2v) is 7.55. The van der Waals surface area contributed by atoms with E-state index in [0.29, 0.717) is 0 Å². The average molecular weight is 517 g/mol. The first-order valence-electron chi connectivity index (χ1n) is 12.0. The van der Waals surface area contributed by atoms with Gasteiger partial charge in [-0.1, -0.05) is 77.1 Å². The number of hydrogen-bond acceptors (Lipinski definition) is 5. The summed E-state index contributed by atoms with van der Waals surface area (Å²) in [5, 5.41) is 9.34. The fraction of sp³-hybridized carbons (Fsp3) is 0.586. The molecule has 0 fully saturated rings. The van der Waals surface area contributed by atoms with Gasteiger partial charge in [-0.15, -0.1) is 0 Å². The summed E-state index contributed by atoms with van der Waals surface area (Å²) in [6.07, 6.45) is 12.6. The number of esters is 2. The van der Waals surface area contributed by atoms with Gasteiger partial charge in [0.15, 0.2) is 6.10 Å². The second kappa shape index (κ2) is 27.3. The molecule has 0 saturated heterocycles. The summed E-state index contributed by atoms with van der Waals surface area (Å²) in [5.74, 6) is 23.0. The van der Waals surface area contributed by atoms with Crippen molar-refractivity contribution in [2.75, 3.05) is 13.2 Å². The predicted octanol–water partition coefficient (Wildman–Crippen LogP) is 6.50. The van der Waals surface area contributed by atoms with Crippen molar-refractivity contribution in [3.05, 3.63) is 0 Å². The molecule has 0 aromatic carbocycles. The molecule has 0 bridgehead atoms. The Morgan fingerprint density at radius 2 is 1.26 bits per heavy atom. The summed E-state index contributed by atoms with van der Waals surface area (Å²) in [4.78, 5) is 23.5. The Balaban J connectivity index is -0.000000121. The van der Waals surface area contributed by atoms with Crippen molar-refractivity contribution >= 4 is 25.4 Å². The van der Waals surface area contributed by atoms with Crippen LogP contribution in [0.2, 0.25) is 0 Å². The van der Waals surface area contributed by atoms with Crippen LogP contribution in [0.3, 0.4) is 0 Å². The van der Waals surface area contributed by atoms with Gasteiger partial charge in [-0.25, -0.2) is 4.79 Å². The highest BCUT2D eigenvalue weighted by atomic mass is 32.1. The van der Waals surface area contributed by atoms with E-state index in [4.69, 9.17) is 9.47 Å². The van der Waals surface area contributed by atoms with E-state index in [1.54, 1.807) is 6.92 Å². The van der Waals surface area contributed by atoms with E-state index >= 15 is 0 Å². The van der Waals surface area contributed by atoms with Crippen molar-refractivity contribution in [1.82, 2.24) is 0 Å². The van der Waals surface area contributed by atoms with Crippen molar-refractivity contribution in [2.24, 2.45) is 0 Å². The highest BCUT2D eigenvalue weighted by Crippen LogP contribution is 2.12. The van der Waals surface area contributed by atoms with Crippen LogP contribution in [0.4, 0.5) is 0 Å². The molecule has 0 aromatic rings. The number of unbranched alkanes of at least 4 members (excludes halogenated alkanes) is 10. The number of rotatable bonds is 16. The van der Waals surface area contributed by atoms with Gasteiger partial charge in [0, 0.05) is 25.2 Å². The molecule has 0 spiro atoms. The second-order valence-electron chi connectivity index (χ2n) is 7.55. The van der Waals surface area contributed by atoms with Gasteiger partial charge >= 0.3 is 11.9 Å². The lowest BCUT2D eigenvalue weighted by molar-refractivity contribution is -0.159. The molecule has 0 rings (SSSR count). The lowest BCUT2D eigenvalue weighted by Gasteiger charge is -2.14. The van der Waals surface area contributed by atoms with Crippen LogP contribution in [-0.2, 0) is 19.1 Å². The Kier molecular flexibility index (Phi) is 26.7. The molecule has 1 N–H and O–H groups in total. The smallest absolute Gasteiger partial charge is 0.385 e. The van der Waals surface area contributed by atoms with Crippen LogP contribution >= 0.6 is 13.5 Å². The Hall–Kier alpha value is -2.95. The zero-order chi connectivity index (χ0) is 25.1. The number of ether oxygens (including phenoxy) is 2. The Morgan fingerprint density at radius 3 is 1.77 bits per heavy atom. The largest absolute Gasteiger partial charge is 0.456 e. The molecule has 0 aromatic heterocycles. The summed E-state index contributed by atoms with van der Waals surface area (Å²) in [6, 6.07) is 0. The predicted molar refractivity (Wildman–Crippen MR) is 163 cm³/mol. The maximum Gasteiger partial charge on any atom is 0.385 e. The SMILES string of the molecule is CC#CC#CC#CC#CC#CC(=O)OC[C@H](CO)OC(=O)CCCCCCCCCCCCC.S.[HH].[HH].[HH].[HH].[HH].[HH].[HH].[HH].[HH]. The number of carbonyl (C=O) groups excluding carboxylic acids is 2. The van der Waals surface area contributed by atoms with Gasteiger partial charge in [-0.3, -0.25) is 4.79 Å². The van der Waals surface area contributed by atoms with Crippen molar-refractivity contribution in [1.29, 1.82) is 0 Å². The molecule has 0 saturated carbocycles. The van der Waals surface area contributed by atoms with Crippen LogP contribution in [-0.4, -0.2) is 36.4 Å². The van der Waals surface area contributed by atoms with Gasteiger partial charge in [0.25, 0.3) is 0 Å². The van der Waals surface area contributed by atoms with Crippen molar-refractivity contribution in [3.8, 4) is 59.2 Å². The molecule has 0 aliphatic heterocycles. The summed E-state index contributed by atoms with van der Waals surface area (Å²) in [7, 11) is 0. The fourth-order valence-electron chi connectivity index (χ4n) is 2.84. The fourth-order valence-corrected chi connectivity index (χ4v) is 2.84. The topological polar surface area (TPSA) is 72.8 Å². The van der Waals surface area contributed by atoms with E-state index in [-0.39, 0.29) is 39.4 Å². The van der Waals surface area contributed by atoms with Crippen molar-refractivity contribution in [3.63, 3.8) is 0 Å². The summed E-state index contributed by atoms with van der Waals surface area (Å²) in [6.45, 7) is 3.19. The molecule has 5 nitrogen and oxygen atoms in total. The van der Waals surface area contributed by atoms with Crippen LogP contribution < -0.4 is 0 Å². The minimum absolute atomic E-state index is 0. The van der Waals surface area contributed by atoms with Crippen LogP contribution in [0.1, 0.15) is 104 Å². The molecule has 0 amide bonds. The number of aliphatic hydroxyl groups excluding tert-OH is 1.